The predicted molar refractivity (Wildman–Crippen MR) is 64.1 cm³/mol. The highest BCUT2D eigenvalue weighted by atomic mass is 16.5. The van der Waals surface area contributed by atoms with E-state index in [1.54, 1.807) is 6.92 Å². The Kier molecular flexibility index (Phi) is 7.50. The van der Waals surface area contributed by atoms with Crippen LogP contribution in [0.1, 0.15) is 26.7 Å². The van der Waals surface area contributed by atoms with Gasteiger partial charge in [-0.05, 0) is 20.3 Å². The fraction of sp³-hybridized carbons (Fsp3) is 0.727. The van der Waals surface area contributed by atoms with E-state index >= 15 is 0 Å². The number of likely N-dealkylation sites (N-methyl/N-ethyl adjacent to an activating group) is 1. The molecule has 0 fully saturated rings. The van der Waals surface area contributed by atoms with Gasteiger partial charge in [0.05, 0.1) is 6.61 Å². The van der Waals surface area contributed by atoms with Gasteiger partial charge >= 0.3 is 18.0 Å². The number of rotatable bonds is 7. The second-order valence-corrected chi connectivity index (χ2v) is 3.77. The van der Waals surface area contributed by atoms with E-state index in [0.717, 1.165) is 4.90 Å². The van der Waals surface area contributed by atoms with Gasteiger partial charge in [-0.3, -0.25) is 4.79 Å². The Balaban J connectivity index is 3.83. The lowest BCUT2D eigenvalue weighted by Gasteiger charge is -2.21. The van der Waals surface area contributed by atoms with Gasteiger partial charge in [0.25, 0.3) is 0 Å². The van der Waals surface area contributed by atoms with Crippen molar-refractivity contribution in [3.05, 3.63) is 0 Å². The molecule has 2 N–H and O–H groups in total. The molecule has 0 spiro atoms. The average Bonchev–Trinajstić information content (AvgIpc) is 2.32. The van der Waals surface area contributed by atoms with Crippen molar-refractivity contribution in [2.24, 2.45) is 0 Å². The van der Waals surface area contributed by atoms with E-state index < -0.39 is 18.0 Å². The van der Waals surface area contributed by atoms with E-state index in [2.05, 4.69) is 5.32 Å². The van der Waals surface area contributed by atoms with Gasteiger partial charge in [0.15, 0.2) is 0 Å². The van der Waals surface area contributed by atoms with Gasteiger partial charge in [0, 0.05) is 20.0 Å². The second kappa shape index (κ2) is 8.32. The first kappa shape index (κ1) is 16.2. The number of amides is 2. The Hall–Kier alpha value is -1.79. The molecule has 0 saturated heterocycles. The first-order valence-electron chi connectivity index (χ1n) is 5.79. The summed E-state index contributed by atoms with van der Waals surface area (Å²) in [5.74, 6) is -1.38. The highest BCUT2D eigenvalue weighted by Gasteiger charge is 2.20. The fourth-order valence-corrected chi connectivity index (χ4v) is 1.13. The average molecular weight is 260 g/mol. The quantitative estimate of drug-likeness (QED) is 0.511. The van der Waals surface area contributed by atoms with Crippen molar-refractivity contribution in [1.82, 2.24) is 10.2 Å². The lowest BCUT2D eigenvalue weighted by molar-refractivity contribution is -0.143. The second-order valence-electron chi connectivity index (χ2n) is 3.77. The van der Waals surface area contributed by atoms with Gasteiger partial charge in [-0.2, -0.15) is 0 Å². The van der Waals surface area contributed by atoms with Crippen LogP contribution in [0.15, 0.2) is 0 Å². The smallest absolute Gasteiger partial charge is 0.326 e. The highest BCUT2D eigenvalue weighted by Crippen LogP contribution is 1.97. The van der Waals surface area contributed by atoms with Crippen LogP contribution >= 0.6 is 0 Å². The van der Waals surface area contributed by atoms with Crippen LogP contribution in [-0.4, -0.2) is 54.2 Å². The van der Waals surface area contributed by atoms with Crippen molar-refractivity contribution in [2.45, 2.75) is 32.7 Å². The largest absolute Gasteiger partial charge is 0.480 e. The van der Waals surface area contributed by atoms with Crippen molar-refractivity contribution in [3.63, 3.8) is 0 Å². The molecule has 104 valence electrons. The third-order valence-corrected chi connectivity index (χ3v) is 2.40. The minimum absolute atomic E-state index is 0.228. The summed E-state index contributed by atoms with van der Waals surface area (Å²) in [4.78, 5) is 34.2. The molecule has 0 heterocycles. The molecule has 0 rings (SSSR count). The van der Waals surface area contributed by atoms with Gasteiger partial charge < -0.3 is 20.1 Å². The number of carboxylic acids is 1. The lowest BCUT2D eigenvalue weighted by Crippen LogP contribution is -2.46. The summed E-state index contributed by atoms with van der Waals surface area (Å²) in [5.41, 5.74) is 0. The van der Waals surface area contributed by atoms with Gasteiger partial charge in [-0.15, -0.1) is 0 Å². The van der Waals surface area contributed by atoms with Gasteiger partial charge in [-0.1, -0.05) is 0 Å². The Morgan fingerprint density at radius 1 is 1.39 bits per heavy atom. The summed E-state index contributed by atoms with van der Waals surface area (Å²) in [6.45, 7) is 3.78. The van der Waals surface area contributed by atoms with E-state index in [1.807, 2.05) is 0 Å². The summed E-state index contributed by atoms with van der Waals surface area (Å²) in [6, 6.07) is -1.37. The number of urea groups is 1. The number of nitrogens with one attached hydrogen (secondary N) is 1. The molecule has 1 atom stereocenters. The zero-order valence-corrected chi connectivity index (χ0v) is 10.9. The highest BCUT2D eigenvalue weighted by molar-refractivity contribution is 5.82. The van der Waals surface area contributed by atoms with Crippen LogP contribution in [0.5, 0.6) is 0 Å². The summed E-state index contributed by atoms with van der Waals surface area (Å²) in [7, 11) is 1.40. The topological polar surface area (TPSA) is 95.9 Å². The normalized spacial score (nSPS) is 11.5. The number of hydrogen-bond acceptors (Lipinski definition) is 4. The molecule has 0 aliphatic heterocycles. The molecule has 2 amide bonds. The van der Waals surface area contributed by atoms with Crippen LogP contribution in [0.25, 0.3) is 0 Å². The van der Waals surface area contributed by atoms with Crippen LogP contribution in [0, 0.1) is 0 Å². The Morgan fingerprint density at radius 3 is 2.50 bits per heavy atom. The van der Waals surface area contributed by atoms with Crippen molar-refractivity contribution in [3.8, 4) is 0 Å². The van der Waals surface area contributed by atoms with Crippen LogP contribution < -0.4 is 5.32 Å². The molecule has 0 aromatic heterocycles. The predicted octanol–water partition coefficient (Wildman–Crippen LogP) is 0.444. The molecule has 0 radical (unpaired) electrons. The summed E-state index contributed by atoms with van der Waals surface area (Å²) >= 11 is 0. The third kappa shape index (κ3) is 6.07. The van der Waals surface area contributed by atoms with E-state index in [-0.39, 0.29) is 12.4 Å². The zero-order chi connectivity index (χ0) is 14.1. The first-order chi connectivity index (χ1) is 8.40. The molecule has 0 aliphatic carbocycles. The van der Waals surface area contributed by atoms with E-state index in [4.69, 9.17) is 9.84 Å². The summed E-state index contributed by atoms with van der Waals surface area (Å²) in [6.07, 6.45) is 0.687. The molecular weight excluding hydrogens is 240 g/mol. The van der Waals surface area contributed by atoms with Gasteiger partial charge in [0.1, 0.15) is 6.04 Å². The number of carboxylic acid groups (broad SMARTS) is 1. The van der Waals surface area contributed by atoms with Crippen molar-refractivity contribution in [1.29, 1.82) is 0 Å². The number of esters is 1. The standard InChI is InChI=1S/C11H20N2O5/c1-4-18-9(14)6-5-7-12-11(17)13(3)8(2)10(15)16/h8H,4-7H2,1-3H3,(H,12,17)(H,15,16). The summed E-state index contributed by atoms with van der Waals surface area (Å²) < 4.78 is 4.73. The van der Waals surface area contributed by atoms with Crippen LogP contribution in [0.2, 0.25) is 0 Å². The Labute approximate surface area is 106 Å². The van der Waals surface area contributed by atoms with Crippen LogP contribution in [0.3, 0.4) is 0 Å². The molecule has 18 heavy (non-hydrogen) atoms. The molecule has 0 aromatic rings. The maximum Gasteiger partial charge on any atom is 0.326 e. The molecule has 0 saturated carbocycles. The van der Waals surface area contributed by atoms with Crippen LogP contribution in [0.4, 0.5) is 4.79 Å². The maximum absolute atomic E-state index is 11.5. The number of ether oxygens (including phenoxy) is 1. The first-order valence-corrected chi connectivity index (χ1v) is 5.79. The summed E-state index contributed by atoms with van der Waals surface area (Å²) in [5, 5.41) is 11.3. The Bertz CT molecular complexity index is 306. The van der Waals surface area contributed by atoms with Gasteiger partial charge in [-0.25, -0.2) is 9.59 Å². The van der Waals surface area contributed by atoms with Gasteiger partial charge in [0.2, 0.25) is 0 Å². The van der Waals surface area contributed by atoms with E-state index in [9.17, 15) is 14.4 Å². The zero-order valence-electron chi connectivity index (χ0n) is 10.9. The van der Waals surface area contributed by atoms with Crippen LogP contribution in [-0.2, 0) is 14.3 Å². The molecule has 0 aliphatic rings. The minimum Gasteiger partial charge on any atom is -0.480 e. The maximum atomic E-state index is 11.5. The van der Waals surface area contributed by atoms with Crippen molar-refractivity contribution < 1.29 is 24.2 Å². The molecule has 0 bridgehead atoms. The van der Waals surface area contributed by atoms with Crippen molar-refractivity contribution >= 4 is 18.0 Å². The fourth-order valence-electron chi connectivity index (χ4n) is 1.13. The van der Waals surface area contributed by atoms with E-state index in [0.29, 0.717) is 19.6 Å². The lowest BCUT2D eigenvalue weighted by atomic mass is 10.3. The molecular formula is C11H20N2O5. The number of aliphatic carboxylic acids is 1. The molecule has 7 nitrogen and oxygen atoms in total. The molecule has 7 heteroatoms. The monoisotopic (exact) mass is 260 g/mol. The molecule has 1 unspecified atom stereocenters. The van der Waals surface area contributed by atoms with Crippen molar-refractivity contribution in [2.75, 3.05) is 20.2 Å². The number of carbonyl (C=O) groups is 3. The van der Waals surface area contributed by atoms with E-state index in [1.165, 1.54) is 14.0 Å². The Morgan fingerprint density at radius 2 is 2.00 bits per heavy atom. The SMILES string of the molecule is CCOC(=O)CCCNC(=O)N(C)C(C)C(=O)O. The number of carbonyl (C=O) groups excluding carboxylic acids is 2. The third-order valence-electron chi connectivity index (χ3n) is 2.40. The number of nitrogens with zero attached hydrogens (tertiary/aromatic N) is 1. The molecule has 0 aromatic carbocycles. The minimum atomic E-state index is -1.07. The number of hydrogen-bond donors (Lipinski definition) is 2.